The number of benzene rings is 2. The first-order valence-electron chi connectivity index (χ1n) is 9.17. The van der Waals surface area contributed by atoms with Gasteiger partial charge in [0, 0.05) is 6.54 Å². The lowest BCUT2D eigenvalue weighted by molar-refractivity contribution is -0.117. The van der Waals surface area contributed by atoms with Gasteiger partial charge in [0.25, 0.3) is 5.91 Å². The van der Waals surface area contributed by atoms with Gasteiger partial charge in [-0.1, -0.05) is 18.2 Å². The summed E-state index contributed by atoms with van der Waals surface area (Å²) in [6.45, 7) is 0.334. The smallest absolute Gasteiger partial charge is 0.261 e. The Morgan fingerprint density at radius 3 is 2.53 bits per heavy atom. The van der Waals surface area contributed by atoms with Gasteiger partial charge < -0.3 is 24.6 Å². The number of nitrogens with one attached hydrogen (secondary N) is 1. The zero-order valence-corrected chi connectivity index (χ0v) is 17.1. The van der Waals surface area contributed by atoms with E-state index in [2.05, 4.69) is 5.32 Å². The van der Waals surface area contributed by atoms with E-state index >= 15 is 0 Å². The van der Waals surface area contributed by atoms with Crippen molar-refractivity contribution < 1.29 is 24.1 Å². The third-order valence-electron chi connectivity index (χ3n) is 4.29. The molecule has 2 aromatic rings. The van der Waals surface area contributed by atoms with Crippen LogP contribution in [-0.4, -0.2) is 38.9 Å². The Balaban J connectivity index is 1.99. The Bertz CT molecular complexity index is 990. The number of nitriles is 1. The molecule has 0 bridgehead atoms. The summed E-state index contributed by atoms with van der Waals surface area (Å²) in [4.78, 5) is 12.3. The normalized spacial score (nSPS) is 11.1. The van der Waals surface area contributed by atoms with Gasteiger partial charge in [-0.2, -0.15) is 5.26 Å². The van der Waals surface area contributed by atoms with Gasteiger partial charge in [0.1, 0.15) is 23.1 Å². The molecular formula is C23H24N2O5. The second kappa shape index (κ2) is 11.2. The first-order chi connectivity index (χ1) is 14.5. The zero-order valence-electron chi connectivity index (χ0n) is 17.1. The number of aromatic hydroxyl groups is 1. The first kappa shape index (κ1) is 22.4. The van der Waals surface area contributed by atoms with Gasteiger partial charge in [0.15, 0.2) is 11.5 Å². The van der Waals surface area contributed by atoms with E-state index in [-0.39, 0.29) is 11.3 Å². The van der Waals surface area contributed by atoms with Crippen molar-refractivity contribution in [2.24, 2.45) is 0 Å². The van der Waals surface area contributed by atoms with Crippen molar-refractivity contribution in [2.75, 3.05) is 27.9 Å². The monoisotopic (exact) mass is 408 g/mol. The lowest BCUT2D eigenvalue weighted by atomic mass is 10.1. The van der Waals surface area contributed by atoms with Crippen molar-refractivity contribution in [3.63, 3.8) is 0 Å². The number of hydrogen-bond donors (Lipinski definition) is 2. The largest absolute Gasteiger partial charge is 0.504 e. The lowest BCUT2D eigenvalue weighted by Gasteiger charge is -2.11. The molecule has 0 spiro atoms. The van der Waals surface area contributed by atoms with Crippen molar-refractivity contribution in [3.05, 3.63) is 65.3 Å². The summed E-state index contributed by atoms with van der Waals surface area (Å²) in [7, 11) is 4.62. The van der Waals surface area contributed by atoms with Gasteiger partial charge in [-0.05, 0) is 54.0 Å². The fourth-order valence-electron chi connectivity index (χ4n) is 2.70. The topological polar surface area (TPSA) is 101 Å². The minimum absolute atomic E-state index is 0.0189. The summed E-state index contributed by atoms with van der Waals surface area (Å²) in [5.41, 5.74) is 1.62. The summed E-state index contributed by atoms with van der Waals surface area (Å²) in [5.74, 6) is 1.31. The second-order valence-corrected chi connectivity index (χ2v) is 6.17. The third kappa shape index (κ3) is 6.04. The minimum Gasteiger partial charge on any atom is -0.504 e. The lowest BCUT2D eigenvalue weighted by Crippen LogP contribution is -2.26. The average molecular weight is 408 g/mol. The highest BCUT2D eigenvalue weighted by Crippen LogP contribution is 2.27. The Labute approximate surface area is 175 Å². The number of allylic oxidation sites excluding steroid dienone is 2. The maximum absolute atomic E-state index is 12.3. The van der Waals surface area contributed by atoms with E-state index < -0.39 is 5.91 Å². The number of hydrogen-bond acceptors (Lipinski definition) is 6. The minimum atomic E-state index is -0.465. The average Bonchev–Trinajstić information content (AvgIpc) is 2.77. The molecular weight excluding hydrogens is 384 g/mol. The van der Waals surface area contributed by atoms with Gasteiger partial charge in [-0.15, -0.1) is 0 Å². The number of nitrogens with zero attached hydrogens (tertiary/aromatic N) is 1. The molecule has 2 aromatic carbocycles. The standard InChI is InChI=1S/C23H24N2O5/c1-28-19-8-10-21(29-2)17(14-19)11-12-25-23(27)18(15-24)6-4-5-16-7-9-20(26)22(13-16)30-3/h4-10,13-14,26H,11-12H2,1-3H3,(H,25,27)/b5-4+,18-6+. The zero-order chi connectivity index (χ0) is 21.9. The number of rotatable bonds is 9. The number of phenolic OH excluding ortho intramolecular Hbond substituents is 1. The molecule has 0 saturated heterocycles. The molecule has 0 aromatic heterocycles. The van der Waals surface area contributed by atoms with E-state index in [4.69, 9.17) is 14.2 Å². The van der Waals surface area contributed by atoms with Gasteiger partial charge in [-0.3, -0.25) is 4.79 Å². The number of ether oxygens (including phenoxy) is 3. The fourth-order valence-corrected chi connectivity index (χ4v) is 2.70. The Kier molecular flexibility index (Phi) is 8.33. The van der Waals surface area contributed by atoms with Gasteiger partial charge in [0.05, 0.1) is 21.3 Å². The summed E-state index contributed by atoms with van der Waals surface area (Å²) < 4.78 is 15.6. The van der Waals surface area contributed by atoms with Gasteiger partial charge >= 0.3 is 0 Å². The van der Waals surface area contributed by atoms with Crippen LogP contribution < -0.4 is 19.5 Å². The van der Waals surface area contributed by atoms with Crippen LogP contribution in [0.25, 0.3) is 6.08 Å². The van der Waals surface area contributed by atoms with Crippen LogP contribution in [0, 0.1) is 11.3 Å². The van der Waals surface area contributed by atoms with Crippen LogP contribution in [0.15, 0.2) is 54.1 Å². The van der Waals surface area contributed by atoms with Crippen LogP contribution in [0.2, 0.25) is 0 Å². The molecule has 7 nitrogen and oxygen atoms in total. The Morgan fingerprint density at radius 1 is 1.10 bits per heavy atom. The second-order valence-electron chi connectivity index (χ2n) is 6.17. The highest BCUT2D eigenvalue weighted by molar-refractivity contribution is 5.97. The molecule has 0 radical (unpaired) electrons. The first-order valence-corrected chi connectivity index (χ1v) is 9.17. The molecule has 2 rings (SSSR count). The van der Waals surface area contributed by atoms with E-state index in [1.54, 1.807) is 50.6 Å². The number of carbonyl (C=O) groups excluding carboxylic acids is 1. The molecule has 7 heteroatoms. The Morgan fingerprint density at radius 2 is 1.87 bits per heavy atom. The maximum Gasteiger partial charge on any atom is 0.261 e. The highest BCUT2D eigenvalue weighted by atomic mass is 16.5. The van der Waals surface area contributed by atoms with Crippen molar-refractivity contribution in [1.29, 1.82) is 5.26 Å². The van der Waals surface area contributed by atoms with Crippen molar-refractivity contribution in [3.8, 4) is 29.1 Å². The summed E-state index contributed by atoms with van der Waals surface area (Å²) in [6, 6.07) is 12.2. The van der Waals surface area contributed by atoms with Crippen LogP contribution in [-0.2, 0) is 11.2 Å². The quantitative estimate of drug-likeness (QED) is 0.375. The molecule has 1 amide bonds. The molecule has 0 unspecified atom stereocenters. The number of amides is 1. The molecule has 156 valence electrons. The van der Waals surface area contributed by atoms with Crippen molar-refractivity contribution >= 4 is 12.0 Å². The van der Waals surface area contributed by atoms with E-state index in [9.17, 15) is 15.2 Å². The Hall–Kier alpha value is -3.92. The van der Waals surface area contributed by atoms with Crippen LogP contribution >= 0.6 is 0 Å². The molecule has 30 heavy (non-hydrogen) atoms. The van der Waals surface area contributed by atoms with E-state index in [0.717, 1.165) is 11.1 Å². The molecule has 0 aliphatic carbocycles. The molecule has 2 N–H and O–H groups in total. The highest BCUT2D eigenvalue weighted by Gasteiger charge is 2.09. The molecule has 0 saturated carbocycles. The van der Waals surface area contributed by atoms with E-state index in [1.807, 2.05) is 12.1 Å². The molecule has 0 fully saturated rings. The fraction of sp³-hybridized carbons (Fsp3) is 0.217. The maximum atomic E-state index is 12.3. The van der Waals surface area contributed by atoms with Crippen LogP contribution in [0.5, 0.6) is 23.0 Å². The summed E-state index contributed by atoms with van der Waals surface area (Å²) in [5, 5.41) is 21.6. The third-order valence-corrected chi connectivity index (χ3v) is 4.29. The van der Waals surface area contributed by atoms with Crippen LogP contribution in [0.4, 0.5) is 0 Å². The van der Waals surface area contributed by atoms with E-state index in [1.165, 1.54) is 19.3 Å². The van der Waals surface area contributed by atoms with Crippen molar-refractivity contribution in [1.82, 2.24) is 5.32 Å². The molecule has 0 atom stereocenters. The summed E-state index contributed by atoms with van der Waals surface area (Å²) >= 11 is 0. The van der Waals surface area contributed by atoms with Crippen LogP contribution in [0.3, 0.4) is 0 Å². The molecule has 0 aliphatic rings. The molecule has 0 heterocycles. The SMILES string of the molecule is COc1ccc(OC)c(CCNC(=O)/C(C#N)=C/C=C/c2ccc(O)c(OC)c2)c1. The van der Waals surface area contributed by atoms with Gasteiger partial charge in [-0.25, -0.2) is 0 Å². The van der Waals surface area contributed by atoms with Crippen molar-refractivity contribution in [2.45, 2.75) is 6.42 Å². The number of methoxy groups -OCH3 is 3. The van der Waals surface area contributed by atoms with Gasteiger partial charge in [0.2, 0.25) is 0 Å². The van der Waals surface area contributed by atoms with E-state index in [0.29, 0.717) is 30.2 Å². The number of phenols is 1. The predicted octanol–water partition coefficient (Wildman–Crippen LogP) is 3.24. The molecule has 0 aliphatic heterocycles. The number of carbonyl (C=O) groups is 1. The van der Waals surface area contributed by atoms with Crippen LogP contribution in [0.1, 0.15) is 11.1 Å². The predicted molar refractivity (Wildman–Crippen MR) is 114 cm³/mol. The summed E-state index contributed by atoms with van der Waals surface area (Å²) in [6.07, 6.45) is 5.25.